The summed E-state index contributed by atoms with van der Waals surface area (Å²) in [7, 11) is 0. The molecule has 0 aromatic heterocycles. The summed E-state index contributed by atoms with van der Waals surface area (Å²) in [5.41, 5.74) is 2.82. The molecule has 0 heterocycles. The molecule has 0 aliphatic carbocycles. The first kappa shape index (κ1) is 12.8. The van der Waals surface area contributed by atoms with Crippen molar-refractivity contribution in [2.45, 2.75) is 40.5 Å². The molecule has 0 aliphatic rings. The number of benzene rings is 2. The Kier molecular flexibility index (Phi) is 4.54. The van der Waals surface area contributed by atoms with E-state index in [9.17, 15) is 0 Å². The molecule has 0 heteroatoms. The molecule has 0 saturated heterocycles. The first-order valence-electron chi connectivity index (χ1n) is 6.18. The van der Waals surface area contributed by atoms with Gasteiger partial charge in [-0.15, -0.1) is 0 Å². The molecule has 0 radical (unpaired) electrons. The zero-order valence-electron chi connectivity index (χ0n) is 11.0. The average Bonchev–Trinajstić information content (AvgIpc) is 2.32. The predicted molar refractivity (Wildman–Crippen MR) is 74.1 cm³/mol. The molecule has 16 heavy (non-hydrogen) atoms. The van der Waals surface area contributed by atoms with Crippen LogP contribution >= 0.6 is 0 Å². The maximum atomic E-state index is 2.25. The van der Waals surface area contributed by atoms with Crippen molar-refractivity contribution >= 4 is 10.8 Å². The van der Waals surface area contributed by atoms with Crippen molar-refractivity contribution in [3.63, 3.8) is 0 Å². The Labute approximate surface area is 99.3 Å². The van der Waals surface area contributed by atoms with Crippen LogP contribution in [-0.4, -0.2) is 0 Å². The molecule has 0 nitrogen and oxygen atoms in total. The molecule has 2 aromatic rings. The van der Waals surface area contributed by atoms with E-state index in [1.807, 2.05) is 13.8 Å². The zero-order valence-corrected chi connectivity index (χ0v) is 11.0. The summed E-state index contributed by atoms with van der Waals surface area (Å²) in [6, 6.07) is 13.1. The van der Waals surface area contributed by atoms with Gasteiger partial charge < -0.3 is 0 Å². The van der Waals surface area contributed by atoms with Gasteiger partial charge in [0.2, 0.25) is 0 Å². The van der Waals surface area contributed by atoms with Crippen LogP contribution in [-0.2, 0) is 0 Å². The molecule has 0 aliphatic heterocycles. The number of hydrogen-bond acceptors (Lipinski definition) is 0. The fourth-order valence-corrected chi connectivity index (χ4v) is 1.98. The van der Waals surface area contributed by atoms with E-state index in [1.54, 1.807) is 0 Å². The summed E-state index contributed by atoms with van der Waals surface area (Å²) >= 11 is 0. The van der Waals surface area contributed by atoms with Gasteiger partial charge in [0.25, 0.3) is 0 Å². The molecule has 0 bridgehead atoms. The van der Waals surface area contributed by atoms with Gasteiger partial charge >= 0.3 is 0 Å². The van der Waals surface area contributed by atoms with Crippen molar-refractivity contribution in [1.29, 1.82) is 0 Å². The van der Waals surface area contributed by atoms with Crippen LogP contribution in [0.5, 0.6) is 0 Å². The van der Waals surface area contributed by atoms with E-state index in [2.05, 4.69) is 57.2 Å². The molecule has 0 unspecified atom stereocenters. The van der Waals surface area contributed by atoms with Gasteiger partial charge in [0.05, 0.1) is 0 Å². The Morgan fingerprint density at radius 1 is 0.812 bits per heavy atom. The van der Waals surface area contributed by atoms with E-state index >= 15 is 0 Å². The SMILES string of the molecule is CC.Cc1ccc(C(C)C)c2ccccc12. The van der Waals surface area contributed by atoms with E-state index in [-0.39, 0.29) is 0 Å². The van der Waals surface area contributed by atoms with Crippen LogP contribution < -0.4 is 0 Å². The van der Waals surface area contributed by atoms with Gasteiger partial charge in [0.15, 0.2) is 0 Å². The van der Waals surface area contributed by atoms with Crippen molar-refractivity contribution < 1.29 is 0 Å². The molecule has 0 atom stereocenters. The first-order valence-corrected chi connectivity index (χ1v) is 6.18. The molecule has 0 amide bonds. The molecular formula is C16H22. The Bertz CT molecular complexity index is 453. The number of rotatable bonds is 1. The van der Waals surface area contributed by atoms with Gasteiger partial charge in [0.1, 0.15) is 0 Å². The van der Waals surface area contributed by atoms with Crippen LogP contribution in [0.3, 0.4) is 0 Å². The normalized spacial score (nSPS) is 10.1. The number of aryl methyl sites for hydroxylation is 1. The Hall–Kier alpha value is -1.30. The highest BCUT2D eigenvalue weighted by Gasteiger charge is 2.05. The van der Waals surface area contributed by atoms with Crippen molar-refractivity contribution in [3.05, 3.63) is 47.5 Å². The van der Waals surface area contributed by atoms with Crippen molar-refractivity contribution in [1.82, 2.24) is 0 Å². The summed E-state index contributed by atoms with van der Waals surface area (Å²) in [6.07, 6.45) is 0. The number of fused-ring (bicyclic) bond motifs is 1. The van der Waals surface area contributed by atoms with Gasteiger partial charge in [-0.25, -0.2) is 0 Å². The van der Waals surface area contributed by atoms with Gasteiger partial charge in [-0.2, -0.15) is 0 Å². The Balaban J connectivity index is 0.000000606. The second-order valence-corrected chi connectivity index (χ2v) is 4.17. The standard InChI is InChI=1S/C14H16.C2H6/c1-10(2)12-9-8-11(3)13-6-4-5-7-14(12)13;1-2/h4-10H,1-3H3;1-2H3. The third-order valence-electron chi connectivity index (χ3n) is 2.80. The maximum Gasteiger partial charge on any atom is -0.0147 e. The van der Waals surface area contributed by atoms with E-state index in [1.165, 1.54) is 21.9 Å². The molecule has 2 aromatic carbocycles. The fraction of sp³-hybridized carbons (Fsp3) is 0.375. The van der Waals surface area contributed by atoms with Crippen molar-refractivity contribution in [2.75, 3.05) is 0 Å². The Morgan fingerprint density at radius 3 is 1.94 bits per heavy atom. The lowest BCUT2D eigenvalue weighted by Crippen LogP contribution is -1.90. The van der Waals surface area contributed by atoms with Crippen LogP contribution in [0, 0.1) is 6.92 Å². The topological polar surface area (TPSA) is 0 Å². The predicted octanol–water partition coefficient (Wildman–Crippen LogP) is 5.30. The van der Waals surface area contributed by atoms with Crippen LogP contribution in [0.2, 0.25) is 0 Å². The van der Waals surface area contributed by atoms with Crippen LogP contribution in [0.15, 0.2) is 36.4 Å². The highest BCUT2D eigenvalue weighted by atomic mass is 14.1. The lowest BCUT2D eigenvalue weighted by Gasteiger charge is -2.11. The van der Waals surface area contributed by atoms with E-state index in [0.29, 0.717) is 5.92 Å². The van der Waals surface area contributed by atoms with Crippen LogP contribution in [0.25, 0.3) is 10.8 Å². The highest BCUT2D eigenvalue weighted by molar-refractivity contribution is 5.88. The largest absolute Gasteiger partial charge is 0.0683 e. The molecule has 0 N–H and O–H groups in total. The molecule has 86 valence electrons. The minimum atomic E-state index is 0.598. The quantitative estimate of drug-likeness (QED) is 0.604. The van der Waals surface area contributed by atoms with Gasteiger partial charge in [0, 0.05) is 0 Å². The fourth-order valence-electron chi connectivity index (χ4n) is 1.98. The smallest absolute Gasteiger partial charge is 0.0147 e. The molecule has 0 fully saturated rings. The second-order valence-electron chi connectivity index (χ2n) is 4.17. The summed E-state index contributed by atoms with van der Waals surface area (Å²) in [4.78, 5) is 0. The third kappa shape index (κ3) is 2.44. The molecule has 0 spiro atoms. The third-order valence-corrected chi connectivity index (χ3v) is 2.80. The van der Waals surface area contributed by atoms with Crippen molar-refractivity contribution in [2.24, 2.45) is 0 Å². The lowest BCUT2D eigenvalue weighted by molar-refractivity contribution is 0.876. The van der Waals surface area contributed by atoms with E-state index in [0.717, 1.165) is 0 Å². The lowest BCUT2D eigenvalue weighted by atomic mass is 9.94. The minimum absolute atomic E-state index is 0.598. The van der Waals surface area contributed by atoms with Gasteiger partial charge in [-0.1, -0.05) is 64.1 Å². The highest BCUT2D eigenvalue weighted by Crippen LogP contribution is 2.27. The van der Waals surface area contributed by atoms with Crippen LogP contribution in [0.4, 0.5) is 0 Å². The molecule has 2 rings (SSSR count). The summed E-state index contributed by atoms with van der Waals surface area (Å²) in [6.45, 7) is 10.7. The monoisotopic (exact) mass is 214 g/mol. The number of hydrogen-bond donors (Lipinski definition) is 0. The molecular weight excluding hydrogens is 192 g/mol. The van der Waals surface area contributed by atoms with Crippen molar-refractivity contribution in [3.8, 4) is 0 Å². The van der Waals surface area contributed by atoms with E-state index < -0.39 is 0 Å². The Morgan fingerprint density at radius 2 is 1.38 bits per heavy atom. The van der Waals surface area contributed by atoms with E-state index in [4.69, 9.17) is 0 Å². The minimum Gasteiger partial charge on any atom is -0.0683 e. The summed E-state index contributed by atoms with van der Waals surface area (Å²) in [5.74, 6) is 0.598. The molecule has 0 saturated carbocycles. The zero-order chi connectivity index (χ0) is 12.1. The average molecular weight is 214 g/mol. The first-order chi connectivity index (χ1) is 7.70. The van der Waals surface area contributed by atoms with Crippen LogP contribution in [0.1, 0.15) is 44.7 Å². The second kappa shape index (κ2) is 5.69. The van der Waals surface area contributed by atoms with Gasteiger partial charge in [-0.05, 0) is 34.7 Å². The maximum absolute atomic E-state index is 2.25. The summed E-state index contributed by atoms with van der Waals surface area (Å²) in [5, 5.41) is 2.79. The summed E-state index contributed by atoms with van der Waals surface area (Å²) < 4.78 is 0. The van der Waals surface area contributed by atoms with Gasteiger partial charge in [-0.3, -0.25) is 0 Å².